The van der Waals surface area contributed by atoms with E-state index in [1.165, 1.54) is 4.57 Å². The van der Waals surface area contributed by atoms with E-state index in [2.05, 4.69) is 19.3 Å². The van der Waals surface area contributed by atoms with Gasteiger partial charge in [0.15, 0.2) is 16.6 Å². The van der Waals surface area contributed by atoms with Gasteiger partial charge in [-0.1, -0.05) is 11.6 Å². The molecule has 0 radical (unpaired) electrons. The molecule has 0 spiro atoms. The fourth-order valence-corrected chi connectivity index (χ4v) is 4.19. The standard InChI is InChI=1S/C23H20ClF2N5O3S/c1-11-8-27-15(20-29-22(30-35-20)23(3,4)33)7-17(11)31-12(2)5-18(19(24)21(31)32)34-10-16-14(26)6-13(25)9-28-16/h5-9,33H,10H2,1-4H3. The Kier molecular flexibility index (Phi) is 6.67. The van der Waals surface area contributed by atoms with Crippen molar-refractivity contribution in [1.29, 1.82) is 0 Å². The minimum absolute atomic E-state index is 0.0433. The number of aryl methyl sites for hydroxylation is 2. The van der Waals surface area contributed by atoms with E-state index in [0.717, 1.165) is 17.7 Å². The first-order valence-electron chi connectivity index (χ1n) is 10.3. The van der Waals surface area contributed by atoms with Gasteiger partial charge >= 0.3 is 0 Å². The zero-order chi connectivity index (χ0) is 25.5. The van der Waals surface area contributed by atoms with Crippen molar-refractivity contribution in [2.24, 2.45) is 0 Å². The third-order valence-corrected chi connectivity index (χ3v) is 6.14. The van der Waals surface area contributed by atoms with Crippen LogP contribution < -0.4 is 10.3 Å². The number of hydrogen-bond acceptors (Lipinski definition) is 8. The van der Waals surface area contributed by atoms with Gasteiger partial charge in [0.05, 0.1) is 11.9 Å². The normalized spacial score (nSPS) is 11.7. The molecule has 0 aliphatic heterocycles. The van der Waals surface area contributed by atoms with Gasteiger partial charge < -0.3 is 9.84 Å². The molecule has 4 aromatic rings. The van der Waals surface area contributed by atoms with Gasteiger partial charge in [0.1, 0.15) is 40.2 Å². The summed E-state index contributed by atoms with van der Waals surface area (Å²) in [5.41, 5.74) is 0.317. The number of rotatable bonds is 6. The van der Waals surface area contributed by atoms with Crippen LogP contribution in [0, 0.1) is 25.5 Å². The first-order chi connectivity index (χ1) is 16.5. The molecule has 4 heterocycles. The molecule has 0 aliphatic rings. The van der Waals surface area contributed by atoms with E-state index in [4.69, 9.17) is 16.3 Å². The smallest absolute Gasteiger partial charge is 0.277 e. The monoisotopic (exact) mass is 519 g/mol. The SMILES string of the molecule is Cc1cnc(-c2nc(C(C)(C)O)ns2)cc1-n1c(C)cc(OCc2ncc(F)cc2F)c(Cl)c1=O. The van der Waals surface area contributed by atoms with Crippen LogP contribution in [0.25, 0.3) is 16.4 Å². The van der Waals surface area contributed by atoms with Crippen molar-refractivity contribution in [1.82, 2.24) is 23.9 Å². The van der Waals surface area contributed by atoms with Gasteiger partial charge in [-0.15, -0.1) is 0 Å². The Labute approximate surface area is 208 Å². The summed E-state index contributed by atoms with van der Waals surface area (Å²) in [5.74, 6) is -1.36. The Hall–Kier alpha value is -3.28. The Morgan fingerprint density at radius 2 is 1.91 bits per heavy atom. The summed E-state index contributed by atoms with van der Waals surface area (Å²) >= 11 is 7.40. The molecule has 0 aliphatic carbocycles. The molecule has 0 unspecified atom stereocenters. The lowest BCUT2D eigenvalue weighted by molar-refractivity contribution is 0.0701. The molecule has 0 aromatic carbocycles. The molecule has 0 saturated heterocycles. The first-order valence-corrected chi connectivity index (χ1v) is 11.5. The van der Waals surface area contributed by atoms with Crippen LogP contribution in [-0.4, -0.2) is 29.0 Å². The summed E-state index contributed by atoms with van der Waals surface area (Å²) in [6.45, 7) is 6.32. The van der Waals surface area contributed by atoms with Crippen molar-refractivity contribution in [3.8, 4) is 22.1 Å². The van der Waals surface area contributed by atoms with E-state index < -0.39 is 22.8 Å². The van der Waals surface area contributed by atoms with Gasteiger partial charge in [0.2, 0.25) is 0 Å². The lowest BCUT2D eigenvalue weighted by Gasteiger charge is -2.16. The van der Waals surface area contributed by atoms with Gasteiger partial charge in [0, 0.05) is 24.0 Å². The third kappa shape index (κ3) is 5.07. The van der Waals surface area contributed by atoms with Crippen LogP contribution in [-0.2, 0) is 12.2 Å². The molecule has 0 amide bonds. The maximum Gasteiger partial charge on any atom is 0.277 e. The van der Waals surface area contributed by atoms with Gasteiger partial charge in [-0.2, -0.15) is 4.37 Å². The molecular weight excluding hydrogens is 500 g/mol. The van der Waals surface area contributed by atoms with Crippen LogP contribution in [0.2, 0.25) is 5.02 Å². The second kappa shape index (κ2) is 9.40. The van der Waals surface area contributed by atoms with Gasteiger partial charge in [0.25, 0.3) is 5.56 Å². The lowest BCUT2D eigenvalue weighted by Crippen LogP contribution is -2.23. The molecule has 0 fully saturated rings. The van der Waals surface area contributed by atoms with Gasteiger partial charge in [-0.25, -0.2) is 13.8 Å². The first kappa shape index (κ1) is 24.8. The summed E-state index contributed by atoms with van der Waals surface area (Å²) in [7, 11) is 0. The summed E-state index contributed by atoms with van der Waals surface area (Å²) in [6.07, 6.45) is 2.47. The molecule has 0 atom stereocenters. The van der Waals surface area contributed by atoms with E-state index >= 15 is 0 Å². The van der Waals surface area contributed by atoms with Crippen LogP contribution >= 0.6 is 23.1 Å². The Morgan fingerprint density at radius 1 is 1.17 bits per heavy atom. The van der Waals surface area contributed by atoms with Crippen molar-refractivity contribution in [2.75, 3.05) is 0 Å². The van der Waals surface area contributed by atoms with Gasteiger partial charge in [-0.3, -0.25) is 19.3 Å². The number of aromatic nitrogens is 5. The second-order valence-electron chi connectivity index (χ2n) is 8.31. The van der Waals surface area contributed by atoms with E-state index in [1.54, 1.807) is 46.0 Å². The van der Waals surface area contributed by atoms with Crippen LogP contribution in [0.15, 0.2) is 35.4 Å². The average Bonchev–Trinajstić information content (AvgIpc) is 3.28. The maximum atomic E-state index is 13.9. The van der Waals surface area contributed by atoms with E-state index in [9.17, 15) is 18.7 Å². The Morgan fingerprint density at radius 3 is 2.57 bits per heavy atom. The number of pyridine rings is 3. The Bertz CT molecular complexity index is 1480. The zero-order valence-corrected chi connectivity index (χ0v) is 20.7. The van der Waals surface area contributed by atoms with Crippen molar-refractivity contribution >= 4 is 23.1 Å². The fourth-order valence-electron chi connectivity index (χ4n) is 3.23. The number of ether oxygens (including phenoxy) is 1. The molecule has 182 valence electrons. The van der Waals surface area contributed by atoms with Crippen molar-refractivity contribution in [3.05, 3.63) is 80.4 Å². The van der Waals surface area contributed by atoms with Crippen LogP contribution in [0.4, 0.5) is 8.78 Å². The highest BCUT2D eigenvalue weighted by Crippen LogP contribution is 2.29. The van der Waals surface area contributed by atoms with E-state index in [1.807, 2.05) is 0 Å². The van der Waals surface area contributed by atoms with E-state index in [0.29, 0.717) is 33.7 Å². The van der Waals surface area contributed by atoms with Crippen LogP contribution in [0.5, 0.6) is 5.75 Å². The molecule has 4 rings (SSSR count). The second-order valence-corrected chi connectivity index (χ2v) is 9.44. The summed E-state index contributed by atoms with van der Waals surface area (Å²) < 4.78 is 38.1. The largest absolute Gasteiger partial charge is 0.485 e. The summed E-state index contributed by atoms with van der Waals surface area (Å²) in [4.78, 5) is 25.6. The summed E-state index contributed by atoms with van der Waals surface area (Å²) in [6, 6.07) is 3.93. The van der Waals surface area contributed by atoms with Crippen LogP contribution in [0.1, 0.15) is 36.6 Å². The summed E-state index contributed by atoms with van der Waals surface area (Å²) in [5, 5.41) is 10.4. The highest BCUT2D eigenvalue weighted by molar-refractivity contribution is 7.09. The van der Waals surface area contributed by atoms with Gasteiger partial charge in [-0.05, 0) is 50.9 Å². The maximum absolute atomic E-state index is 13.9. The molecule has 35 heavy (non-hydrogen) atoms. The number of halogens is 3. The number of nitrogens with zero attached hydrogens (tertiary/aromatic N) is 5. The molecule has 4 aromatic heterocycles. The molecule has 8 nitrogen and oxygen atoms in total. The van der Waals surface area contributed by atoms with Crippen LogP contribution in [0.3, 0.4) is 0 Å². The number of aliphatic hydroxyl groups is 1. The topological polar surface area (TPSA) is 103 Å². The highest BCUT2D eigenvalue weighted by atomic mass is 35.5. The van der Waals surface area contributed by atoms with Crippen molar-refractivity contribution in [2.45, 2.75) is 39.9 Å². The zero-order valence-electron chi connectivity index (χ0n) is 19.1. The van der Waals surface area contributed by atoms with Crippen molar-refractivity contribution in [3.63, 3.8) is 0 Å². The number of hydrogen-bond donors (Lipinski definition) is 1. The third-order valence-electron chi connectivity index (χ3n) is 5.06. The molecule has 0 bridgehead atoms. The van der Waals surface area contributed by atoms with Crippen molar-refractivity contribution < 1.29 is 18.6 Å². The lowest BCUT2D eigenvalue weighted by atomic mass is 10.1. The molecule has 12 heteroatoms. The quantitative estimate of drug-likeness (QED) is 0.400. The Balaban J connectivity index is 1.70. The predicted octanol–water partition coefficient (Wildman–Crippen LogP) is 4.50. The molecular formula is C23H20ClF2N5O3S. The molecule has 0 saturated carbocycles. The van der Waals surface area contributed by atoms with E-state index in [-0.39, 0.29) is 28.9 Å². The minimum atomic E-state index is -1.20. The molecule has 1 N–H and O–H groups in total. The average molecular weight is 520 g/mol. The highest BCUT2D eigenvalue weighted by Gasteiger charge is 2.23. The fraction of sp³-hybridized carbons (Fsp3) is 0.261. The minimum Gasteiger partial charge on any atom is -0.485 e. The predicted molar refractivity (Wildman–Crippen MR) is 127 cm³/mol.